The van der Waals surface area contributed by atoms with Gasteiger partial charge >= 0.3 is 0 Å². The lowest BCUT2D eigenvalue weighted by atomic mass is 9.74. The zero-order chi connectivity index (χ0) is 11.6. The van der Waals surface area contributed by atoms with Gasteiger partial charge in [0.1, 0.15) is 0 Å². The molecule has 1 saturated heterocycles. The van der Waals surface area contributed by atoms with E-state index in [4.69, 9.17) is 23.2 Å². The fourth-order valence-electron chi connectivity index (χ4n) is 2.11. The van der Waals surface area contributed by atoms with Crippen LogP contribution in [0.4, 0.5) is 0 Å². The first-order chi connectivity index (χ1) is 7.68. The number of nitrogens with zero attached hydrogens (tertiary/aromatic N) is 1. The monoisotopic (exact) mass is 290 g/mol. The van der Waals surface area contributed by atoms with Crippen LogP contribution < -0.4 is 5.32 Å². The fourth-order valence-corrected chi connectivity index (χ4v) is 2.41. The molecule has 0 saturated carbocycles. The average molecular weight is 292 g/mol. The number of hydrogen-bond donors (Lipinski definition) is 1. The molecule has 1 N–H and O–H groups in total. The first kappa shape index (κ1) is 14.6. The van der Waals surface area contributed by atoms with E-state index in [1.807, 2.05) is 12.1 Å². The van der Waals surface area contributed by atoms with Gasteiger partial charge in [-0.05, 0) is 43.6 Å². The van der Waals surface area contributed by atoms with Gasteiger partial charge in [0.2, 0.25) is 0 Å². The summed E-state index contributed by atoms with van der Waals surface area (Å²) in [6, 6.07) is 7.93. The van der Waals surface area contributed by atoms with Crippen molar-refractivity contribution < 1.29 is 0 Å². The quantitative estimate of drug-likeness (QED) is 0.859. The largest absolute Gasteiger partial charge is 0.317 e. The normalized spacial score (nSPS) is 17.9. The van der Waals surface area contributed by atoms with Crippen molar-refractivity contribution in [3.8, 4) is 6.07 Å². The van der Waals surface area contributed by atoms with Crippen molar-refractivity contribution in [3.63, 3.8) is 0 Å². The van der Waals surface area contributed by atoms with Gasteiger partial charge in [0.05, 0.1) is 21.5 Å². The zero-order valence-electron chi connectivity index (χ0n) is 9.17. The first-order valence-corrected chi connectivity index (χ1v) is 6.01. The topological polar surface area (TPSA) is 35.8 Å². The van der Waals surface area contributed by atoms with Crippen LogP contribution in [0.1, 0.15) is 18.4 Å². The Balaban J connectivity index is 0.00000144. The fraction of sp³-hybridized carbons (Fsp3) is 0.417. The molecule has 0 aliphatic carbocycles. The Kier molecular flexibility index (Phi) is 5.09. The minimum absolute atomic E-state index is 0. The van der Waals surface area contributed by atoms with E-state index >= 15 is 0 Å². The van der Waals surface area contributed by atoms with Crippen LogP contribution in [0.5, 0.6) is 0 Å². The molecule has 1 aromatic rings. The molecule has 0 atom stereocenters. The summed E-state index contributed by atoms with van der Waals surface area (Å²) < 4.78 is 0. The molecular weight excluding hydrogens is 279 g/mol. The molecule has 0 amide bonds. The summed E-state index contributed by atoms with van der Waals surface area (Å²) >= 11 is 11.9. The highest BCUT2D eigenvalue weighted by Crippen LogP contribution is 2.35. The van der Waals surface area contributed by atoms with Crippen LogP contribution in [-0.4, -0.2) is 13.1 Å². The van der Waals surface area contributed by atoms with Gasteiger partial charge in [-0.25, -0.2) is 0 Å². The minimum atomic E-state index is -0.403. The van der Waals surface area contributed by atoms with Gasteiger partial charge in [0.15, 0.2) is 0 Å². The number of nitriles is 1. The third-order valence-electron chi connectivity index (χ3n) is 3.14. The average Bonchev–Trinajstić information content (AvgIpc) is 2.33. The van der Waals surface area contributed by atoms with Crippen LogP contribution in [-0.2, 0) is 5.41 Å². The van der Waals surface area contributed by atoms with Crippen LogP contribution in [0.3, 0.4) is 0 Å². The maximum absolute atomic E-state index is 9.40. The van der Waals surface area contributed by atoms with E-state index < -0.39 is 5.41 Å². The van der Waals surface area contributed by atoms with Gasteiger partial charge in [-0.2, -0.15) is 5.26 Å². The van der Waals surface area contributed by atoms with Gasteiger partial charge < -0.3 is 5.32 Å². The summed E-state index contributed by atoms with van der Waals surface area (Å²) in [6.07, 6.45) is 1.64. The van der Waals surface area contributed by atoms with Crippen LogP contribution in [0, 0.1) is 11.3 Å². The van der Waals surface area contributed by atoms with E-state index in [1.165, 1.54) is 0 Å². The molecule has 1 heterocycles. The Bertz CT molecular complexity index is 434. The van der Waals surface area contributed by atoms with Gasteiger partial charge in [0.25, 0.3) is 0 Å². The number of piperidine rings is 1. The molecule has 1 aromatic carbocycles. The zero-order valence-corrected chi connectivity index (χ0v) is 11.5. The molecule has 0 radical (unpaired) electrons. The molecule has 2 nitrogen and oxygen atoms in total. The molecule has 5 heteroatoms. The number of hydrogen-bond acceptors (Lipinski definition) is 2. The maximum atomic E-state index is 9.40. The van der Waals surface area contributed by atoms with E-state index in [2.05, 4.69) is 11.4 Å². The van der Waals surface area contributed by atoms with Crippen LogP contribution in [0.2, 0.25) is 10.0 Å². The molecule has 0 spiro atoms. The standard InChI is InChI=1S/C12H12Cl2N2.ClH/c13-10-2-1-9(7-11(10)14)12(8-15)3-5-16-6-4-12;/h1-2,7,16H,3-6H2;1H. The van der Waals surface area contributed by atoms with Crippen molar-refractivity contribution in [1.29, 1.82) is 5.26 Å². The summed E-state index contributed by atoms with van der Waals surface area (Å²) in [5.74, 6) is 0. The van der Waals surface area contributed by atoms with Gasteiger partial charge in [0, 0.05) is 0 Å². The molecule has 1 aliphatic rings. The summed E-state index contributed by atoms with van der Waals surface area (Å²) in [6.45, 7) is 1.74. The highest BCUT2D eigenvalue weighted by molar-refractivity contribution is 6.42. The number of halogens is 3. The summed E-state index contributed by atoms with van der Waals surface area (Å²) in [5.41, 5.74) is 0.574. The molecule has 0 unspecified atom stereocenters. The van der Waals surface area contributed by atoms with Gasteiger partial charge in [-0.3, -0.25) is 0 Å². The van der Waals surface area contributed by atoms with Crippen molar-refractivity contribution in [2.24, 2.45) is 0 Å². The van der Waals surface area contributed by atoms with Crippen molar-refractivity contribution in [2.75, 3.05) is 13.1 Å². The minimum Gasteiger partial charge on any atom is -0.317 e. The number of benzene rings is 1. The Hall–Kier alpha value is -0.460. The Morgan fingerprint density at radius 2 is 1.82 bits per heavy atom. The Morgan fingerprint density at radius 1 is 1.18 bits per heavy atom. The lowest BCUT2D eigenvalue weighted by Gasteiger charge is -2.31. The number of nitrogens with one attached hydrogen (secondary N) is 1. The SMILES string of the molecule is Cl.N#CC1(c2ccc(Cl)c(Cl)c2)CCNCC1. The molecule has 0 aromatic heterocycles. The smallest absolute Gasteiger partial charge is 0.0847 e. The Morgan fingerprint density at radius 3 is 2.35 bits per heavy atom. The predicted molar refractivity (Wildman–Crippen MR) is 73.1 cm³/mol. The van der Waals surface area contributed by atoms with Gasteiger partial charge in [-0.15, -0.1) is 12.4 Å². The van der Waals surface area contributed by atoms with Crippen molar-refractivity contribution in [2.45, 2.75) is 18.3 Å². The third-order valence-corrected chi connectivity index (χ3v) is 3.88. The third kappa shape index (κ3) is 2.86. The first-order valence-electron chi connectivity index (χ1n) is 5.25. The second kappa shape index (κ2) is 5.93. The Labute approximate surface area is 117 Å². The second-order valence-electron chi connectivity index (χ2n) is 4.07. The molecule has 0 bridgehead atoms. The molecule has 2 rings (SSSR count). The van der Waals surface area contributed by atoms with E-state index in [0.717, 1.165) is 31.5 Å². The molecule has 1 aliphatic heterocycles. The summed E-state index contributed by atoms with van der Waals surface area (Å²) in [5, 5.41) is 13.7. The number of rotatable bonds is 1. The predicted octanol–water partition coefficient (Wildman–Crippen LogP) is 3.56. The highest BCUT2D eigenvalue weighted by Gasteiger charge is 2.34. The van der Waals surface area contributed by atoms with Crippen LogP contribution >= 0.6 is 35.6 Å². The summed E-state index contributed by atoms with van der Waals surface area (Å²) in [4.78, 5) is 0. The maximum Gasteiger partial charge on any atom is 0.0847 e. The van der Waals surface area contributed by atoms with Crippen molar-refractivity contribution in [3.05, 3.63) is 33.8 Å². The van der Waals surface area contributed by atoms with E-state index in [0.29, 0.717) is 10.0 Å². The lowest BCUT2D eigenvalue weighted by Crippen LogP contribution is -2.38. The second-order valence-corrected chi connectivity index (χ2v) is 4.89. The molecule has 1 fully saturated rings. The van der Waals surface area contributed by atoms with Crippen LogP contribution in [0.15, 0.2) is 18.2 Å². The molecule has 17 heavy (non-hydrogen) atoms. The van der Waals surface area contributed by atoms with E-state index in [1.54, 1.807) is 6.07 Å². The lowest BCUT2D eigenvalue weighted by molar-refractivity contribution is 0.382. The van der Waals surface area contributed by atoms with Crippen molar-refractivity contribution >= 4 is 35.6 Å². The highest BCUT2D eigenvalue weighted by atomic mass is 35.5. The van der Waals surface area contributed by atoms with Crippen molar-refractivity contribution in [1.82, 2.24) is 5.32 Å². The molecular formula is C12H13Cl3N2. The summed E-state index contributed by atoms with van der Waals surface area (Å²) in [7, 11) is 0. The van der Waals surface area contributed by atoms with Gasteiger partial charge in [-0.1, -0.05) is 29.3 Å². The van der Waals surface area contributed by atoms with Crippen LogP contribution in [0.25, 0.3) is 0 Å². The van der Waals surface area contributed by atoms with E-state index in [-0.39, 0.29) is 12.4 Å². The van der Waals surface area contributed by atoms with E-state index in [9.17, 15) is 5.26 Å². The molecule has 92 valence electrons.